The molecule has 54 heavy (non-hydrogen) atoms. The van der Waals surface area contributed by atoms with Crippen LogP contribution in [-0.2, 0) is 37.1 Å². The quantitative estimate of drug-likeness (QED) is 0.145. The van der Waals surface area contributed by atoms with E-state index in [1.807, 2.05) is 11.9 Å². The Balaban J connectivity index is 1.53. The van der Waals surface area contributed by atoms with Crippen molar-refractivity contribution in [2.24, 2.45) is 5.92 Å². The average molecular weight is 753 g/mol. The van der Waals surface area contributed by atoms with Gasteiger partial charge in [0.1, 0.15) is 24.0 Å². The number of aromatic nitrogens is 6. The number of aliphatic carboxylic acids is 1. The molecule has 19 nitrogen and oxygen atoms in total. The first-order valence-electron chi connectivity index (χ1n) is 18.0. The second-order valence-electron chi connectivity index (χ2n) is 13.6. The minimum Gasteiger partial charge on any atom is -0.481 e. The SMILES string of the molecule is CCC(C(=O)NC(CC(=O)O)C(C)=O)n1ccnc(N(Cc2nonc2C)c2nccn(CC(=O)NCC(=O)CN(C)CCC3CCCCC3)c2=O)c1=O. The number of carboxylic acids is 1. The predicted molar refractivity (Wildman–Crippen MR) is 193 cm³/mol. The number of nitrogens with one attached hydrogen (secondary N) is 2. The lowest BCUT2D eigenvalue weighted by Gasteiger charge is -2.24. The minimum absolute atomic E-state index is 0.0595. The molecule has 2 atom stereocenters. The lowest BCUT2D eigenvalue weighted by molar-refractivity contribution is -0.140. The van der Waals surface area contributed by atoms with Crippen molar-refractivity contribution in [3.05, 3.63) is 56.9 Å². The summed E-state index contributed by atoms with van der Waals surface area (Å²) in [5.74, 6) is -3.41. The van der Waals surface area contributed by atoms with Gasteiger partial charge < -0.3 is 20.3 Å². The number of hydrogen-bond donors (Lipinski definition) is 3. The van der Waals surface area contributed by atoms with Crippen molar-refractivity contribution >= 4 is 41.0 Å². The highest BCUT2D eigenvalue weighted by molar-refractivity contribution is 5.91. The van der Waals surface area contributed by atoms with Gasteiger partial charge in [0.25, 0.3) is 11.1 Å². The maximum atomic E-state index is 14.0. The number of Topliss-reactive ketones (excluding diaryl/α,β-unsaturated/α-hetero) is 2. The molecular formula is C35H48N10O9. The smallest absolute Gasteiger partial charge is 0.305 e. The number of rotatable bonds is 20. The van der Waals surface area contributed by atoms with Crippen LogP contribution in [0, 0.1) is 12.8 Å². The van der Waals surface area contributed by atoms with Crippen LogP contribution >= 0.6 is 0 Å². The zero-order valence-corrected chi connectivity index (χ0v) is 31.0. The molecule has 4 rings (SSSR count). The second kappa shape index (κ2) is 19.5. The Morgan fingerprint density at radius 3 is 2.33 bits per heavy atom. The predicted octanol–water partition coefficient (Wildman–Crippen LogP) is 0.917. The molecule has 2 amide bonds. The van der Waals surface area contributed by atoms with Crippen molar-refractivity contribution in [1.82, 2.24) is 44.9 Å². The van der Waals surface area contributed by atoms with Crippen LogP contribution in [0.5, 0.6) is 0 Å². The highest BCUT2D eigenvalue weighted by Gasteiger charge is 2.29. The molecule has 3 N–H and O–H groups in total. The van der Waals surface area contributed by atoms with Crippen molar-refractivity contribution in [2.75, 3.05) is 31.6 Å². The molecule has 19 heteroatoms. The number of amides is 2. The Morgan fingerprint density at radius 1 is 1.02 bits per heavy atom. The molecule has 2 unspecified atom stereocenters. The Morgan fingerprint density at radius 2 is 1.70 bits per heavy atom. The summed E-state index contributed by atoms with van der Waals surface area (Å²) < 4.78 is 6.94. The number of carbonyl (C=O) groups excluding carboxylic acids is 4. The molecule has 0 bridgehead atoms. The largest absolute Gasteiger partial charge is 0.481 e. The Hall–Kier alpha value is -5.59. The van der Waals surface area contributed by atoms with E-state index in [1.165, 1.54) is 56.9 Å². The van der Waals surface area contributed by atoms with Crippen LogP contribution < -0.4 is 26.7 Å². The van der Waals surface area contributed by atoms with Gasteiger partial charge in [0, 0.05) is 24.8 Å². The topological polar surface area (TPSA) is 245 Å². The summed E-state index contributed by atoms with van der Waals surface area (Å²) in [4.78, 5) is 102. The van der Waals surface area contributed by atoms with Crippen LogP contribution in [0.2, 0.25) is 0 Å². The van der Waals surface area contributed by atoms with E-state index in [9.17, 15) is 38.7 Å². The number of likely N-dealkylation sites (N-methyl/N-ethyl adjacent to an activating group) is 1. The van der Waals surface area contributed by atoms with Gasteiger partial charge in [0.05, 0.1) is 32.1 Å². The first-order valence-corrected chi connectivity index (χ1v) is 18.0. The number of hydrogen-bond acceptors (Lipinski definition) is 14. The van der Waals surface area contributed by atoms with Crippen LogP contribution in [-0.4, -0.2) is 101 Å². The minimum atomic E-state index is -1.32. The first-order chi connectivity index (χ1) is 25.8. The molecule has 0 aliphatic heterocycles. The van der Waals surface area contributed by atoms with E-state index in [1.54, 1.807) is 13.8 Å². The number of aryl methyl sites for hydroxylation is 1. The van der Waals surface area contributed by atoms with Gasteiger partial charge in [-0.25, -0.2) is 14.6 Å². The zero-order valence-electron chi connectivity index (χ0n) is 31.0. The van der Waals surface area contributed by atoms with E-state index in [0.717, 1.165) is 33.9 Å². The maximum Gasteiger partial charge on any atom is 0.305 e. The Bertz CT molecular complexity index is 1920. The van der Waals surface area contributed by atoms with Crippen molar-refractivity contribution in [2.45, 2.75) is 97.3 Å². The second-order valence-corrected chi connectivity index (χ2v) is 13.6. The summed E-state index contributed by atoms with van der Waals surface area (Å²) in [6.07, 6.45) is 11.7. The molecule has 0 aromatic carbocycles. The normalized spacial score (nSPS) is 14.3. The lowest BCUT2D eigenvalue weighted by Crippen LogP contribution is -2.46. The van der Waals surface area contributed by atoms with Crippen LogP contribution in [0.4, 0.5) is 11.6 Å². The van der Waals surface area contributed by atoms with E-state index in [4.69, 9.17) is 4.63 Å². The Labute approximate surface area is 311 Å². The summed E-state index contributed by atoms with van der Waals surface area (Å²) in [5, 5.41) is 21.8. The van der Waals surface area contributed by atoms with Gasteiger partial charge in [-0.15, -0.1) is 0 Å². The molecule has 1 fully saturated rings. The van der Waals surface area contributed by atoms with Crippen molar-refractivity contribution < 1.29 is 33.7 Å². The van der Waals surface area contributed by atoms with E-state index in [0.29, 0.717) is 11.6 Å². The molecule has 1 aliphatic carbocycles. The molecule has 3 heterocycles. The van der Waals surface area contributed by atoms with Gasteiger partial charge in [-0.2, -0.15) is 0 Å². The standard InChI is InChI=1S/C35H48N10O9/c1-5-28(33(51)39-26(23(3)46)17-30(49)50)44-16-13-37-32(35(44)53)45(20-27-22(2)40-54-41-27)31-34(52)43(15-12-36-31)21-29(48)38-18-25(47)19-42(4)14-11-24-9-7-6-8-10-24/h12-13,15-16,24,26,28H,5-11,14,17-21H2,1-4H3,(H,38,48)(H,39,51)(H,49,50). The van der Waals surface area contributed by atoms with Crippen LogP contribution in [0.1, 0.15) is 82.6 Å². The molecule has 3 aromatic rings. The van der Waals surface area contributed by atoms with Gasteiger partial charge in [-0.05, 0) is 46.2 Å². The molecule has 0 radical (unpaired) electrons. The molecule has 292 valence electrons. The zero-order chi connectivity index (χ0) is 39.4. The third kappa shape index (κ3) is 11.2. The summed E-state index contributed by atoms with van der Waals surface area (Å²) in [6, 6.07) is -2.52. The maximum absolute atomic E-state index is 14.0. The van der Waals surface area contributed by atoms with Gasteiger partial charge in [-0.3, -0.25) is 47.9 Å². The summed E-state index contributed by atoms with van der Waals surface area (Å²) in [6.45, 7) is 4.37. The number of carbonyl (C=O) groups is 5. The monoisotopic (exact) mass is 752 g/mol. The van der Waals surface area contributed by atoms with Crippen molar-refractivity contribution in [1.29, 1.82) is 0 Å². The third-order valence-electron chi connectivity index (χ3n) is 9.41. The molecule has 1 saturated carbocycles. The van der Waals surface area contributed by atoms with Crippen molar-refractivity contribution in [3.63, 3.8) is 0 Å². The summed E-state index contributed by atoms with van der Waals surface area (Å²) in [5.41, 5.74) is -1.04. The average Bonchev–Trinajstić information content (AvgIpc) is 3.54. The Kier molecular flexibility index (Phi) is 14.8. The number of carboxylic acid groups (broad SMARTS) is 1. The fourth-order valence-electron chi connectivity index (χ4n) is 6.35. The summed E-state index contributed by atoms with van der Waals surface area (Å²) in [7, 11) is 1.88. The van der Waals surface area contributed by atoms with Gasteiger partial charge >= 0.3 is 5.97 Å². The van der Waals surface area contributed by atoms with Crippen LogP contribution in [0.15, 0.2) is 39.0 Å². The lowest BCUT2D eigenvalue weighted by atomic mass is 9.87. The van der Waals surface area contributed by atoms with Crippen LogP contribution in [0.3, 0.4) is 0 Å². The molecule has 0 saturated heterocycles. The number of nitrogens with zero attached hydrogens (tertiary/aromatic N) is 8. The molecule has 3 aromatic heterocycles. The van der Waals surface area contributed by atoms with E-state index >= 15 is 0 Å². The number of anilines is 2. The van der Waals surface area contributed by atoms with Gasteiger partial charge in [0.15, 0.2) is 11.6 Å². The van der Waals surface area contributed by atoms with E-state index < -0.39 is 59.7 Å². The van der Waals surface area contributed by atoms with E-state index in [-0.39, 0.29) is 49.2 Å². The molecular weight excluding hydrogens is 704 g/mol. The fraction of sp³-hybridized carbons (Fsp3) is 0.571. The fourth-order valence-corrected chi connectivity index (χ4v) is 6.35. The molecule has 0 spiro atoms. The van der Waals surface area contributed by atoms with E-state index in [2.05, 4.69) is 30.9 Å². The van der Waals surface area contributed by atoms with Gasteiger partial charge in [0.2, 0.25) is 23.5 Å². The molecule has 1 aliphatic rings. The van der Waals surface area contributed by atoms with Crippen molar-refractivity contribution in [3.8, 4) is 0 Å². The van der Waals surface area contributed by atoms with Gasteiger partial charge in [-0.1, -0.05) is 49.3 Å². The van der Waals surface area contributed by atoms with Crippen LogP contribution in [0.25, 0.3) is 0 Å². The number of ketones is 2. The highest BCUT2D eigenvalue weighted by Crippen LogP contribution is 2.26. The first kappa shape index (κ1) is 41.2. The third-order valence-corrected chi connectivity index (χ3v) is 9.41. The summed E-state index contributed by atoms with van der Waals surface area (Å²) >= 11 is 0. The highest BCUT2D eigenvalue weighted by atomic mass is 16.6.